The third-order valence-electron chi connectivity index (χ3n) is 3.46. The van der Waals surface area contributed by atoms with E-state index in [1.165, 1.54) is 0 Å². The van der Waals surface area contributed by atoms with Crippen molar-refractivity contribution in [3.63, 3.8) is 0 Å². The molecule has 3 heterocycles. The van der Waals surface area contributed by atoms with Crippen LogP contribution >= 0.6 is 11.6 Å². The van der Waals surface area contributed by atoms with E-state index >= 15 is 0 Å². The van der Waals surface area contributed by atoms with Crippen molar-refractivity contribution in [3.05, 3.63) is 11.2 Å². The molecule has 3 rings (SSSR count). The average molecular weight is 330 g/mol. The normalized spacial score (nSPS) is 24.5. The Hall–Kier alpha value is -1.15. The molecule has 2 aliphatic heterocycles. The van der Waals surface area contributed by atoms with Gasteiger partial charge in [-0.15, -0.1) is 0 Å². The maximum absolute atomic E-state index is 6.06. The molecular formula is C14H20ClN3O4. The van der Waals surface area contributed by atoms with Crippen molar-refractivity contribution in [2.75, 3.05) is 44.4 Å². The van der Waals surface area contributed by atoms with Crippen molar-refractivity contribution >= 4 is 17.4 Å². The van der Waals surface area contributed by atoms with Gasteiger partial charge in [0, 0.05) is 19.2 Å². The summed E-state index contributed by atoms with van der Waals surface area (Å²) in [6, 6.07) is 1.99. The predicted octanol–water partition coefficient (Wildman–Crippen LogP) is 1.50. The Morgan fingerprint density at radius 1 is 1.36 bits per heavy atom. The standard InChI is InChI=1S/C14H20ClN3O4/c1-14(2)21-9-10(22-14)8-20-13-16-11(15)7-12(17-13)18-3-5-19-6-4-18/h7,10H,3-6,8-9H2,1-2H3. The zero-order valence-electron chi connectivity index (χ0n) is 12.7. The molecule has 2 saturated heterocycles. The van der Waals surface area contributed by atoms with E-state index in [0.717, 1.165) is 18.9 Å². The smallest absolute Gasteiger partial charge is 0.319 e. The van der Waals surface area contributed by atoms with Crippen LogP contribution in [0.1, 0.15) is 13.8 Å². The van der Waals surface area contributed by atoms with Gasteiger partial charge in [-0.3, -0.25) is 0 Å². The fourth-order valence-electron chi connectivity index (χ4n) is 2.42. The molecule has 0 amide bonds. The molecule has 7 nitrogen and oxygen atoms in total. The first-order chi connectivity index (χ1) is 10.5. The molecule has 1 unspecified atom stereocenters. The number of nitrogens with zero attached hydrogens (tertiary/aromatic N) is 3. The molecular weight excluding hydrogens is 310 g/mol. The van der Waals surface area contributed by atoms with Crippen LogP contribution in [0.4, 0.5) is 5.82 Å². The van der Waals surface area contributed by atoms with Gasteiger partial charge in [0.25, 0.3) is 0 Å². The molecule has 0 aliphatic carbocycles. The molecule has 0 radical (unpaired) electrons. The predicted molar refractivity (Wildman–Crippen MR) is 80.5 cm³/mol. The lowest BCUT2D eigenvalue weighted by atomic mass is 10.4. The van der Waals surface area contributed by atoms with Gasteiger partial charge < -0.3 is 23.8 Å². The second-order valence-electron chi connectivity index (χ2n) is 5.69. The average Bonchev–Trinajstić information content (AvgIpc) is 2.85. The Labute approximate surface area is 134 Å². The van der Waals surface area contributed by atoms with E-state index in [1.807, 2.05) is 13.8 Å². The summed E-state index contributed by atoms with van der Waals surface area (Å²) in [7, 11) is 0. The second kappa shape index (κ2) is 6.54. The van der Waals surface area contributed by atoms with Crippen LogP contribution in [0.3, 0.4) is 0 Å². The van der Waals surface area contributed by atoms with Crippen molar-refractivity contribution < 1.29 is 18.9 Å². The monoisotopic (exact) mass is 329 g/mol. The van der Waals surface area contributed by atoms with Gasteiger partial charge in [0.15, 0.2) is 5.79 Å². The maximum atomic E-state index is 6.06. The summed E-state index contributed by atoms with van der Waals surface area (Å²) in [5.74, 6) is 0.185. The molecule has 2 fully saturated rings. The Morgan fingerprint density at radius 2 is 2.14 bits per heavy atom. The van der Waals surface area contributed by atoms with Crippen molar-refractivity contribution in [3.8, 4) is 6.01 Å². The van der Waals surface area contributed by atoms with Crippen molar-refractivity contribution in [2.24, 2.45) is 0 Å². The third kappa shape index (κ3) is 3.98. The molecule has 1 aromatic rings. The van der Waals surface area contributed by atoms with Crippen LogP contribution in [-0.2, 0) is 14.2 Å². The van der Waals surface area contributed by atoms with Crippen LogP contribution in [0.25, 0.3) is 0 Å². The van der Waals surface area contributed by atoms with Gasteiger partial charge in [-0.2, -0.15) is 9.97 Å². The van der Waals surface area contributed by atoms with Gasteiger partial charge >= 0.3 is 6.01 Å². The lowest BCUT2D eigenvalue weighted by Gasteiger charge is -2.27. The summed E-state index contributed by atoms with van der Waals surface area (Å²) in [4.78, 5) is 10.6. The number of hydrogen-bond acceptors (Lipinski definition) is 7. The largest absolute Gasteiger partial charge is 0.461 e. The van der Waals surface area contributed by atoms with Gasteiger partial charge in [-0.1, -0.05) is 11.6 Å². The maximum Gasteiger partial charge on any atom is 0.319 e. The fourth-order valence-corrected chi connectivity index (χ4v) is 2.59. The number of halogens is 1. The Balaban J connectivity index is 1.62. The van der Waals surface area contributed by atoms with E-state index in [-0.39, 0.29) is 12.1 Å². The summed E-state index contributed by atoms with van der Waals surface area (Å²) in [5.41, 5.74) is 0. The highest BCUT2D eigenvalue weighted by Gasteiger charge is 2.33. The molecule has 0 N–H and O–H groups in total. The Bertz CT molecular complexity index is 523. The van der Waals surface area contributed by atoms with Crippen LogP contribution in [-0.4, -0.2) is 61.4 Å². The molecule has 0 saturated carbocycles. The van der Waals surface area contributed by atoms with Gasteiger partial charge in [-0.05, 0) is 13.8 Å². The lowest BCUT2D eigenvalue weighted by molar-refractivity contribution is -0.141. The number of rotatable bonds is 4. The van der Waals surface area contributed by atoms with Crippen LogP contribution < -0.4 is 9.64 Å². The fraction of sp³-hybridized carbons (Fsp3) is 0.714. The van der Waals surface area contributed by atoms with Crippen molar-refractivity contribution in [1.29, 1.82) is 0 Å². The minimum Gasteiger partial charge on any atom is -0.461 e. The van der Waals surface area contributed by atoms with E-state index < -0.39 is 5.79 Å². The van der Waals surface area contributed by atoms with E-state index in [0.29, 0.717) is 31.6 Å². The molecule has 2 aliphatic rings. The minimum atomic E-state index is -0.567. The summed E-state index contributed by atoms with van der Waals surface area (Å²) in [5, 5.41) is 0.357. The highest BCUT2D eigenvalue weighted by Crippen LogP contribution is 2.24. The highest BCUT2D eigenvalue weighted by atomic mass is 35.5. The van der Waals surface area contributed by atoms with Gasteiger partial charge in [0.1, 0.15) is 23.7 Å². The molecule has 8 heteroatoms. The van der Waals surface area contributed by atoms with Gasteiger partial charge in [0.05, 0.1) is 19.8 Å². The summed E-state index contributed by atoms with van der Waals surface area (Å²) >= 11 is 6.06. The van der Waals surface area contributed by atoms with Crippen LogP contribution in [0.5, 0.6) is 6.01 Å². The number of hydrogen-bond donors (Lipinski definition) is 0. The molecule has 1 aromatic heterocycles. The highest BCUT2D eigenvalue weighted by molar-refractivity contribution is 6.29. The topological polar surface area (TPSA) is 65.9 Å². The van der Waals surface area contributed by atoms with Crippen molar-refractivity contribution in [1.82, 2.24) is 9.97 Å². The third-order valence-corrected chi connectivity index (χ3v) is 3.66. The van der Waals surface area contributed by atoms with E-state index in [4.69, 9.17) is 30.5 Å². The van der Waals surface area contributed by atoms with Crippen LogP contribution in [0, 0.1) is 0 Å². The molecule has 0 bridgehead atoms. The molecule has 122 valence electrons. The second-order valence-corrected chi connectivity index (χ2v) is 6.08. The summed E-state index contributed by atoms with van der Waals surface area (Å²) in [6.07, 6.45) is -0.135. The number of morpholine rings is 1. The summed E-state index contributed by atoms with van der Waals surface area (Å²) in [6.45, 7) is 7.48. The number of ether oxygens (including phenoxy) is 4. The SMILES string of the molecule is CC1(C)OCC(COc2nc(Cl)cc(N3CCOCC3)n2)O1. The first-order valence-corrected chi connectivity index (χ1v) is 7.71. The quantitative estimate of drug-likeness (QED) is 0.775. The van der Waals surface area contributed by atoms with E-state index in [9.17, 15) is 0 Å². The van der Waals surface area contributed by atoms with Gasteiger partial charge in [-0.25, -0.2) is 0 Å². The molecule has 22 heavy (non-hydrogen) atoms. The van der Waals surface area contributed by atoms with Gasteiger partial charge in [0.2, 0.25) is 0 Å². The van der Waals surface area contributed by atoms with Crippen molar-refractivity contribution in [2.45, 2.75) is 25.7 Å². The first kappa shape index (κ1) is 15.7. The minimum absolute atomic E-state index is 0.135. The first-order valence-electron chi connectivity index (χ1n) is 7.34. The Kier molecular flexibility index (Phi) is 4.67. The lowest BCUT2D eigenvalue weighted by Crippen LogP contribution is -2.36. The molecule has 1 atom stereocenters. The number of aromatic nitrogens is 2. The summed E-state index contributed by atoms with van der Waals surface area (Å²) < 4.78 is 22.1. The zero-order chi connectivity index (χ0) is 15.6. The molecule has 0 aromatic carbocycles. The van der Waals surface area contributed by atoms with E-state index in [1.54, 1.807) is 6.07 Å². The Morgan fingerprint density at radius 3 is 2.82 bits per heavy atom. The zero-order valence-corrected chi connectivity index (χ0v) is 13.5. The van der Waals surface area contributed by atoms with E-state index in [2.05, 4.69) is 14.9 Å². The van der Waals surface area contributed by atoms with Crippen LogP contribution in [0.15, 0.2) is 6.07 Å². The van der Waals surface area contributed by atoms with Crippen LogP contribution in [0.2, 0.25) is 5.15 Å². The molecule has 0 spiro atoms. The number of anilines is 1.